The zero-order valence-electron chi connectivity index (χ0n) is 12.1. The Labute approximate surface area is 112 Å². The molecule has 1 heteroatoms. The van der Waals surface area contributed by atoms with E-state index in [4.69, 9.17) is 0 Å². The second kappa shape index (κ2) is 6.26. The zero-order valence-corrected chi connectivity index (χ0v) is 12.1. The first-order valence-electron chi connectivity index (χ1n) is 7.55. The molecule has 0 aliphatic heterocycles. The molecule has 2 rings (SSSR count). The molecule has 18 heavy (non-hydrogen) atoms. The van der Waals surface area contributed by atoms with Crippen molar-refractivity contribution in [1.82, 2.24) is 0 Å². The van der Waals surface area contributed by atoms with Gasteiger partial charge in [-0.2, -0.15) is 0 Å². The van der Waals surface area contributed by atoms with Gasteiger partial charge in [-0.15, -0.1) is 0 Å². The molecule has 1 atom stereocenters. The molecule has 0 spiro atoms. The molecule has 0 saturated heterocycles. The highest BCUT2D eigenvalue weighted by Gasteiger charge is 2.17. The van der Waals surface area contributed by atoms with Crippen LogP contribution in [0.25, 0.3) is 0 Å². The van der Waals surface area contributed by atoms with Crippen molar-refractivity contribution in [3.05, 3.63) is 29.8 Å². The smallest absolute Gasteiger partial charge is 0.0342 e. The topological polar surface area (TPSA) is 12.0 Å². The fourth-order valence-electron chi connectivity index (χ4n) is 2.78. The highest BCUT2D eigenvalue weighted by atomic mass is 14.9. The van der Waals surface area contributed by atoms with Crippen molar-refractivity contribution in [2.45, 2.75) is 64.8 Å². The van der Waals surface area contributed by atoms with Gasteiger partial charge >= 0.3 is 0 Å². The number of benzene rings is 1. The van der Waals surface area contributed by atoms with E-state index in [2.05, 4.69) is 50.4 Å². The van der Waals surface area contributed by atoms with Crippen LogP contribution in [0.3, 0.4) is 0 Å². The third kappa shape index (κ3) is 3.51. The van der Waals surface area contributed by atoms with Crippen molar-refractivity contribution in [3.63, 3.8) is 0 Å². The molecule has 1 nitrogen and oxygen atoms in total. The maximum Gasteiger partial charge on any atom is 0.0342 e. The maximum atomic E-state index is 3.69. The zero-order chi connectivity index (χ0) is 13.0. The van der Waals surface area contributed by atoms with Crippen LogP contribution in [-0.2, 0) is 0 Å². The van der Waals surface area contributed by atoms with E-state index >= 15 is 0 Å². The molecule has 0 aromatic heterocycles. The van der Waals surface area contributed by atoms with Crippen LogP contribution in [0.15, 0.2) is 24.3 Å². The van der Waals surface area contributed by atoms with Crippen LogP contribution < -0.4 is 5.32 Å². The van der Waals surface area contributed by atoms with Gasteiger partial charge in [0.2, 0.25) is 0 Å². The van der Waals surface area contributed by atoms with Gasteiger partial charge in [0.15, 0.2) is 0 Å². The average Bonchev–Trinajstić information content (AvgIpc) is 2.41. The lowest BCUT2D eigenvalue weighted by Crippen LogP contribution is -2.25. The lowest BCUT2D eigenvalue weighted by atomic mass is 9.87. The van der Waals surface area contributed by atoms with Crippen molar-refractivity contribution < 1.29 is 0 Å². The standard InChI is InChI=1S/C17H27N/c1-4-14(3)15-7-11-17(12-8-15)18-16-9-5-13(2)6-10-16/h7-8,11-14,16,18H,4-6,9-10H2,1-3H3. The molecule has 1 aromatic carbocycles. The Balaban J connectivity index is 1.90. The molecular formula is C17H27N. The van der Waals surface area contributed by atoms with E-state index in [0.717, 1.165) is 5.92 Å². The van der Waals surface area contributed by atoms with Crippen molar-refractivity contribution in [1.29, 1.82) is 0 Å². The van der Waals surface area contributed by atoms with Crippen LogP contribution >= 0.6 is 0 Å². The fourth-order valence-corrected chi connectivity index (χ4v) is 2.78. The van der Waals surface area contributed by atoms with E-state index < -0.39 is 0 Å². The third-order valence-corrected chi connectivity index (χ3v) is 4.48. The number of hydrogen-bond acceptors (Lipinski definition) is 1. The van der Waals surface area contributed by atoms with Gasteiger partial charge in [0.25, 0.3) is 0 Å². The Morgan fingerprint density at radius 2 is 1.72 bits per heavy atom. The first-order chi connectivity index (χ1) is 8.69. The highest BCUT2D eigenvalue weighted by molar-refractivity contribution is 5.46. The largest absolute Gasteiger partial charge is 0.382 e. The van der Waals surface area contributed by atoms with Crippen molar-refractivity contribution in [3.8, 4) is 0 Å². The fraction of sp³-hybridized carbons (Fsp3) is 0.647. The Morgan fingerprint density at radius 3 is 2.28 bits per heavy atom. The summed E-state index contributed by atoms with van der Waals surface area (Å²) in [6.45, 7) is 6.92. The van der Waals surface area contributed by atoms with Crippen LogP contribution in [0.1, 0.15) is 64.4 Å². The summed E-state index contributed by atoms with van der Waals surface area (Å²) in [5, 5.41) is 3.69. The summed E-state index contributed by atoms with van der Waals surface area (Å²) >= 11 is 0. The lowest BCUT2D eigenvalue weighted by molar-refractivity contribution is 0.361. The second-order valence-corrected chi connectivity index (χ2v) is 6.03. The molecule has 0 heterocycles. The molecule has 1 saturated carbocycles. The number of anilines is 1. The Bertz CT molecular complexity index is 346. The lowest BCUT2D eigenvalue weighted by Gasteiger charge is -2.27. The predicted octanol–water partition coefficient (Wildman–Crippen LogP) is 5.19. The second-order valence-electron chi connectivity index (χ2n) is 6.03. The van der Waals surface area contributed by atoms with Gasteiger partial charge in [0, 0.05) is 11.7 Å². The van der Waals surface area contributed by atoms with E-state index in [1.807, 2.05) is 0 Å². The van der Waals surface area contributed by atoms with Gasteiger partial charge in [-0.05, 0) is 61.6 Å². The molecule has 1 fully saturated rings. The molecule has 0 bridgehead atoms. The monoisotopic (exact) mass is 245 g/mol. The van der Waals surface area contributed by atoms with Crippen LogP contribution in [0.5, 0.6) is 0 Å². The molecule has 1 aliphatic carbocycles. The SMILES string of the molecule is CCC(C)c1ccc(NC2CCC(C)CC2)cc1. The first-order valence-corrected chi connectivity index (χ1v) is 7.55. The van der Waals surface area contributed by atoms with Gasteiger partial charge < -0.3 is 5.32 Å². The molecule has 0 amide bonds. The molecular weight excluding hydrogens is 218 g/mol. The Morgan fingerprint density at radius 1 is 1.11 bits per heavy atom. The summed E-state index contributed by atoms with van der Waals surface area (Å²) < 4.78 is 0. The van der Waals surface area contributed by atoms with Gasteiger partial charge in [0.05, 0.1) is 0 Å². The third-order valence-electron chi connectivity index (χ3n) is 4.48. The molecule has 100 valence electrons. The van der Waals surface area contributed by atoms with E-state index in [9.17, 15) is 0 Å². The highest BCUT2D eigenvalue weighted by Crippen LogP contribution is 2.27. The van der Waals surface area contributed by atoms with E-state index in [-0.39, 0.29) is 0 Å². The van der Waals surface area contributed by atoms with E-state index in [1.165, 1.54) is 43.4 Å². The van der Waals surface area contributed by atoms with Gasteiger partial charge in [0.1, 0.15) is 0 Å². The van der Waals surface area contributed by atoms with E-state index in [0.29, 0.717) is 12.0 Å². The van der Waals surface area contributed by atoms with Crippen LogP contribution in [0.2, 0.25) is 0 Å². The van der Waals surface area contributed by atoms with Crippen molar-refractivity contribution >= 4 is 5.69 Å². The Kier molecular flexibility index (Phi) is 4.68. The van der Waals surface area contributed by atoms with Crippen LogP contribution in [0.4, 0.5) is 5.69 Å². The molecule has 1 N–H and O–H groups in total. The summed E-state index contributed by atoms with van der Waals surface area (Å²) in [5.74, 6) is 1.60. The summed E-state index contributed by atoms with van der Waals surface area (Å²) in [6.07, 6.45) is 6.63. The minimum Gasteiger partial charge on any atom is -0.382 e. The normalized spacial score (nSPS) is 25.7. The number of hydrogen-bond donors (Lipinski definition) is 1. The maximum absolute atomic E-state index is 3.69. The van der Waals surface area contributed by atoms with Gasteiger partial charge in [-0.25, -0.2) is 0 Å². The summed E-state index contributed by atoms with van der Waals surface area (Å²) in [5.41, 5.74) is 2.75. The van der Waals surface area contributed by atoms with E-state index in [1.54, 1.807) is 0 Å². The Hall–Kier alpha value is -0.980. The minimum atomic E-state index is 0.676. The quantitative estimate of drug-likeness (QED) is 0.769. The average molecular weight is 245 g/mol. The summed E-state index contributed by atoms with van der Waals surface area (Å²) in [7, 11) is 0. The van der Waals surface area contributed by atoms with Crippen molar-refractivity contribution in [2.75, 3.05) is 5.32 Å². The van der Waals surface area contributed by atoms with Gasteiger partial charge in [-0.1, -0.05) is 32.9 Å². The molecule has 1 aromatic rings. The van der Waals surface area contributed by atoms with Crippen LogP contribution in [-0.4, -0.2) is 6.04 Å². The summed E-state index contributed by atoms with van der Waals surface area (Å²) in [4.78, 5) is 0. The number of rotatable bonds is 4. The molecule has 0 radical (unpaired) electrons. The van der Waals surface area contributed by atoms with Crippen molar-refractivity contribution in [2.24, 2.45) is 5.92 Å². The first kappa shape index (κ1) is 13.5. The van der Waals surface area contributed by atoms with Gasteiger partial charge in [-0.3, -0.25) is 0 Å². The predicted molar refractivity (Wildman–Crippen MR) is 80.2 cm³/mol. The summed E-state index contributed by atoms with van der Waals surface area (Å²) in [6, 6.07) is 9.75. The molecule has 1 unspecified atom stereocenters. The molecule has 1 aliphatic rings. The number of nitrogens with one attached hydrogen (secondary N) is 1. The minimum absolute atomic E-state index is 0.676. The van der Waals surface area contributed by atoms with Crippen LogP contribution in [0, 0.1) is 5.92 Å².